The van der Waals surface area contributed by atoms with Crippen LogP contribution in [0.2, 0.25) is 0 Å². The molecule has 15 heavy (non-hydrogen) atoms. The molecule has 0 atom stereocenters. The lowest BCUT2D eigenvalue weighted by molar-refractivity contribution is 0.222. The van der Waals surface area contributed by atoms with Crippen molar-refractivity contribution in [3.63, 3.8) is 0 Å². The van der Waals surface area contributed by atoms with Crippen molar-refractivity contribution in [2.75, 3.05) is 25.4 Å². The lowest BCUT2D eigenvalue weighted by atomic mass is 10.1. The Hall–Kier alpha value is -1.10. The predicted molar refractivity (Wildman–Crippen MR) is 59.3 cm³/mol. The third-order valence-electron chi connectivity index (χ3n) is 2.86. The van der Waals surface area contributed by atoms with Crippen molar-refractivity contribution >= 4 is 5.95 Å². The smallest absolute Gasteiger partial charge is 0.239 e. The van der Waals surface area contributed by atoms with Crippen LogP contribution < -0.4 is 5.73 Å². The average molecular weight is 209 g/mol. The zero-order chi connectivity index (χ0) is 10.5. The van der Waals surface area contributed by atoms with Gasteiger partial charge in [0.2, 0.25) is 5.95 Å². The number of piperidine rings is 1. The Labute approximate surface area is 90.3 Å². The van der Waals surface area contributed by atoms with Gasteiger partial charge in [-0.05, 0) is 38.9 Å². The van der Waals surface area contributed by atoms with Crippen LogP contribution in [0.15, 0.2) is 6.33 Å². The van der Waals surface area contributed by atoms with E-state index in [9.17, 15) is 0 Å². The third kappa shape index (κ3) is 3.20. The minimum Gasteiger partial charge on any atom is -0.367 e. The van der Waals surface area contributed by atoms with E-state index in [4.69, 9.17) is 5.73 Å². The lowest BCUT2D eigenvalue weighted by Crippen LogP contribution is -2.31. The Kier molecular flexibility index (Phi) is 3.55. The summed E-state index contributed by atoms with van der Waals surface area (Å²) in [6.07, 6.45) is 6.94. The van der Waals surface area contributed by atoms with Crippen LogP contribution in [0.1, 0.15) is 25.7 Å². The lowest BCUT2D eigenvalue weighted by Gasteiger charge is -2.26. The van der Waals surface area contributed by atoms with Crippen LogP contribution in [0, 0.1) is 0 Å². The Balaban J connectivity index is 1.65. The first kappa shape index (κ1) is 10.4. The standard InChI is InChI=1S/C10H19N5/c11-10-12-9-15(13-10)8-4-7-14-5-2-1-3-6-14/h9H,1-8H2,(H2,11,13). The summed E-state index contributed by atoms with van der Waals surface area (Å²) in [7, 11) is 0. The molecule has 0 bridgehead atoms. The number of rotatable bonds is 4. The van der Waals surface area contributed by atoms with E-state index in [2.05, 4.69) is 15.0 Å². The minimum absolute atomic E-state index is 0.368. The Morgan fingerprint density at radius 3 is 2.67 bits per heavy atom. The number of hydrogen-bond donors (Lipinski definition) is 1. The highest BCUT2D eigenvalue weighted by Crippen LogP contribution is 2.08. The van der Waals surface area contributed by atoms with Crippen molar-refractivity contribution in [1.29, 1.82) is 0 Å². The molecule has 1 aromatic rings. The first-order chi connectivity index (χ1) is 7.34. The number of likely N-dealkylation sites (tertiary alicyclic amines) is 1. The number of anilines is 1. The van der Waals surface area contributed by atoms with Crippen LogP contribution in [-0.2, 0) is 6.54 Å². The van der Waals surface area contributed by atoms with Gasteiger partial charge in [0.25, 0.3) is 0 Å². The second kappa shape index (κ2) is 5.11. The molecule has 2 heterocycles. The van der Waals surface area contributed by atoms with E-state index in [0.717, 1.165) is 13.0 Å². The van der Waals surface area contributed by atoms with Crippen LogP contribution in [0.3, 0.4) is 0 Å². The summed E-state index contributed by atoms with van der Waals surface area (Å²) in [5, 5.41) is 4.06. The summed E-state index contributed by atoms with van der Waals surface area (Å²) in [6.45, 7) is 4.61. The summed E-state index contributed by atoms with van der Waals surface area (Å²) in [5.74, 6) is 0.368. The van der Waals surface area contributed by atoms with Crippen LogP contribution in [0.4, 0.5) is 5.95 Å². The molecule has 0 aliphatic carbocycles. The largest absolute Gasteiger partial charge is 0.367 e. The summed E-state index contributed by atoms with van der Waals surface area (Å²) < 4.78 is 1.82. The van der Waals surface area contributed by atoms with E-state index in [1.807, 2.05) is 4.68 Å². The van der Waals surface area contributed by atoms with Crippen molar-refractivity contribution in [1.82, 2.24) is 19.7 Å². The molecule has 1 aromatic heterocycles. The van der Waals surface area contributed by atoms with Gasteiger partial charge in [-0.25, -0.2) is 4.98 Å². The fourth-order valence-corrected chi connectivity index (χ4v) is 2.06. The highest BCUT2D eigenvalue weighted by Gasteiger charge is 2.09. The third-order valence-corrected chi connectivity index (χ3v) is 2.86. The average Bonchev–Trinajstić information content (AvgIpc) is 2.66. The Bertz CT molecular complexity index is 290. The van der Waals surface area contributed by atoms with Crippen LogP contribution in [0.25, 0.3) is 0 Å². The van der Waals surface area contributed by atoms with Crippen LogP contribution >= 0.6 is 0 Å². The molecule has 1 aliphatic heterocycles. The van der Waals surface area contributed by atoms with Gasteiger partial charge >= 0.3 is 0 Å². The molecular weight excluding hydrogens is 190 g/mol. The van der Waals surface area contributed by atoms with E-state index in [1.165, 1.54) is 38.9 Å². The molecule has 5 heteroatoms. The number of nitrogens with zero attached hydrogens (tertiary/aromatic N) is 4. The van der Waals surface area contributed by atoms with Gasteiger partial charge in [0.05, 0.1) is 0 Å². The normalized spacial score (nSPS) is 18.1. The monoisotopic (exact) mass is 209 g/mol. The minimum atomic E-state index is 0.368. The van der Waals surface area contributed by atoms with Gasteiger partial charge in [-0.15, -0.1) is 5.10 Å². The van der Waals surface area contributed by atoms with Crippen molar-refractivity contribution in [3.8, 4) is 0 Å². The Morgan fingerprint density at radius 2 is 2.00 bits per heavy atom. The zero-order valence-corrected chi connectivity index (χ0v) is 9.10. The van der Waals surface area contributed by atoms with E-state index in [1.54, 1.807) is 6.33 Å². The van der Waals surface area contributed by atoms with E-state index < -0.39 is 0 Å². The molecule has 0 radical (unpaired) electrons. The molecule has 5 nitrogen and oxygen atoms in total. The SMILES string of the molecule is Nc1ncn(CCCN2CCCCC2)n1. The molecule has 84 valence electrons. The number of aromatic nitrogens is 3. The quantitative estimate of drug-likeness (QED) is 0.794. The highest BCUT2D eigenvalue weighted by molar-refractivity contribution is 5.09. The van der Waals surface area contributed by atoms with Gasteiger partial charge in [-0.2, -0.15) is 0 Å². The number of hydrogen-bond acceptors (Lipinski definition) is 4. The first-order valence-electron chi connectivity index (χ1n) is 5.72. The second-order valence-electron chi connectivity index (χ2n) is 4.12. The molecule has 0 unspecified atom stereocenters. The van der Waals surface area contributed by atoms with Gasteiger partial charge in [-0.1, -0.05) is 6.42 Å². The predicted octanol–water partition coefficient (Wildman–Crippen LogP) is 0.736. The van der Waals surface area contributed by atoms with Gasteiger partial charge in [-0.3, -0.25) is 4.68 Å². The molecule has 0 aromatic carbocycles. The number of nitrogen functional groups attached to an aromatic ring is 1. The number of aryl methyl sites for hydroxylation is 1. The maximum absolute atomic E-state index is 5.44. The summed E-state index contributed by atoms with van der Waals surface area (Å²) in [6, 6.07) is 0. The molecule has 0 amide bonds. The van der Waals surface area contributed by atoms with E-state index >= 15 is 0 Å². The maximum atomic E-state index is 5.44. The van der Waals surface area contributed by atoms with Gasteiger partial charge in [0.1, 0.15) is 6.33 Å². The van der Waals surface area contributed by atoms with Crippen molar-refractivity contribution in [2.45, 2.75) is 32.2 Å². The van der Waals surface area contributed by atoms with E-state index in [0.29, 0.717) is 5.95 Å². The van der Waals surface area contributed by atoms with Gasteiger partial charge in [0, 0.05) is 6.54 Å². The van der Waals surface area contributed by atoms with Crippen LogP contribution in [0.5, 0.6) is 0 Å². The van der Waals surface area contributed by atoms with Crippen molar-refractivity contribution in [2.24, 2.45) is 0 Å². The van der Waals surface area contributed by atoms with Crippen molar-refractivity contribution < 1.29 is 0 Å². The summed E-state index contributed by atoms with van der Waals surface area (Å²) >= 11 is 0. The van der Waals surface area contributed by atoms with Crippen LogP contribution in [-0.4, -0.2) is 39.3 Å². The fourth-order valence-electron chi connectivity index (χ4n) is 2.06. The maximum Gasteiger partial charge on any atom is 0.239 e. The number of nitrogens with two attached hydrogens (primary N) is 1. The fraction of sp³-hybridized carbons (Fsp3) is 0.800. The van der Waals surface area contributed by atoms with Gasteiger partial charge in [0.15, 0.2) is 0 Å². The first-order valence-corrected chi connectivity index (χ1v) is 5.72. The molecule has 0 spiro atoms. The summed E-state index contributed by atoms with van der Waals surface area (Å²) in [5.41, 5.74) is 5.44. The Morgan fingerprint density at radius 1 is 1.20 bits per heavy atom. The van der Waals surface area contributed by atoms with Crippen molar-refractivity contribution in [3.05, 3.63) is 6.33 Å². The topological polar surface area (TPSA) is 60.0 Å². The van der Waals surface area contributed by atoms with E-state index in [-0.39, 0.29) is 0 Å². The molecule has 1 fully saturated rings. The molecule has 2 N–H and O–H groups in total. The zero-order valence-electron chi connectivity index (χ0n) is 9.10. The van der Waals surface area contributed by atoms with Gasteiger partial charge < -0.3 is 10.6 Å². The molecular formula is C10H19N5. The molecule has 0 saturated carbocycles. The molecule has 1 saturated heterocycles. The molecule has 1 aliphatic rings. The summed E-state index contributed by atoms with van der Waals surface area (Å²) in [4.78, 5) is 6.43. The second-order valence-corrected chi connectivity index (χ2v) is 4.12. The highest BCUT2D eigenvalue weighted by atomic mass is 15.4. The molecule has 2 rings (SSSR count).